The van der Waals surface area contributed by atoms with E-state index < -0.39 is 0 Å². The second-order valence-electron chi connectivity index (χ2n) is 5.59. The van der Waals surface area contributed by atoms with Crippen LogP contribution in [0.5, 0.6) is 5.75 Å². The highest BCUT2D eigenvalue weighted by molar-refractivity contribution is 7.99. The molecule has 27 heavy (non-hydrogen) atoms. The van der Waals surface area contributed by atoms with Gasteiger partial charge in [-0.2, -0.15) is 0 Å². The summed E-state index contributed by atoms with van der Waals surface area (Å²) in [5.41, 5.74) is 0.884. The van der Waals surface area contributed by atoms with E-state index in [2.05, 4.69) is 10.2 Å². The molecule has 0 atom stereocenters. The Morgan fingerprint density at radius 3 is 2.93 bits per heavy atom. The van der Waals surface area contributed by atoms with E-state index in [1.54, 1.807) is 18.3 Å². The molecule has 0 aliphatic heterocycles. The summed E-state index contributed by atoms with van der Waals surface area (Å²) >= 11 is 8.84. The fourth-order valence-corrected chi connectivity index (χ4v) is 4.41. The summed E-state index contributed by atoms with van der Waals surface area (Å²) in [7, 11) is 1.62. The third-order valence-corrected chi connectivity index (χ3v) is 6.03. The molecule has 0 radical (unpaired) electrons. The lowest BCUT2D eigenvalue weighted by atomic mass is 10.3. The van der Waals surface area contributed by atoms with Crippen LogP contribution in [0.25, 0.3) is 5.69 Å². The monoisotopic (exact) mass is 422 g/mol. The van der Waals surface area contributed by atoms with E-state index >= 15 is 0 Å². The minimum atomic E-state index is 0.0483. The molecular formula is C18H19ClN4O2S2. The van der Waals surface area contributed by atoms with Crippen LogP contribution in [0, 0.1) is 0 Å². The van der Waals surface area contributed by atoms with Crippen molar-refractivity contribution in [3.05, 3.63) is 51.9 Å². The summed E-state index contributed by atoms with van der Waals surface area (Å²) in [6.07, 6.45) is 1.63. The van der Waals surface area contributed by atoms with Gasteiger partial charge >= 0.3 is 0 Å². The van der Waals surface area contributed by atoms with Gasteiger partial charge in [0.1, 0.15) is 12.1 Å². The Morgan fingerprint density at radius 2 is 2.22 bits per heavy atom. The first-order valence-electron chi connectivity index (χ1n) is 8.30. The number of amides is 1. The fraction of sp³-hybridized carbons (Fsp3) is 0.278. The van der Waals surface area contributed by atoms with E-state index in [1.807, 2.05) is 47.9 Å². The maximum Gasteiger partial charge on any atom is 0.233 e. The Hall–Kier alpha value is -2.03. The summed E-state index contributed by atoms with van der Waals surface area (Å²) in [5.74, 6) is 1.09. The van der Waals surface area contributed by atoms with E-state index in [0.29, 0.717) is 18.2 Å². The van der Waals surface area contributed by atoms with Crippen molar-refractivity contribution in [2.75, 3.05) is 19.4 Å². The van der Waals surface area contributed by atoms with Gasteiger partial charge in [-0.1, -0.05) is 29.4 Å². The summed E-state index contributed by atoms with van der Waals surface area (Å²) in [5, 5.41) is 8.78. The Balaban J connectivity index is 1.66. The first kappa shape index (κ1) is 19.7. The van der Waals surface area contributed by atoms with Crippen LogP contribution in [0.4, 0.5) is 0 Å². The number of ether oxygens (including phenoxy) is 1. The summed E-state index contributed by atoms with van der Waals surface area (Å²) < 4.78 is 7.84. The predicted octanol–water partition coefficient (Wildman–Crippen LogP) is 4.13. The lowest BCUT2D eigenvalue weighted by Crippen LogP contribution is -2.31. The number of halogens is 1. The smallest absolute Gasteiger partial charge is 0.233 e. The average molecular weight is 423 g/mol. The minimum absolute atomic E-state index is 0.0483. The normalized spacial score (nSPS) is 10.8. The van der Waals surface area contributed by atoms with Crippen LogP contribution < -0.4 is 4.74 Å². The largest absolute Gasteiger partial charge is 0.497 e. The van der Waals surface area contributed by atoms with Crippen molar-refractivity contribution in [1.29, 1.82) is 0 Å². The second kappa shape index (κ2) is 9.25. The van der Waals surface area contributed by atoms with Gasteiger partial charge in [0.15, 0.2) is 5.16 Å². The molecule has 3 aromatic rings. The number of hydrogen-bond acceptors (Lipinski definition) is 6. The standard InChI is InChI=1S/C18H19ClN4O2S2/c1-3-22(10-15-7-8-16(19)27-15)17(24)11-26-18-21-20-12-23(18)13-5-4-6-14(9-13)25-2/h4-9,12H,3,10-11H2,1-2H3. The number of nitrogens with zero attached hydrogens (tertiary/aromatic N) is 4. The number of carbonyl (C=O) groups excluding carboxylic acids is 1. The Kier molecular flexibility index (Phi) is 6.76. The maximum absolute atomic E-state index is 12.6. The van der Waals surface area contributed by atoms with Gasteiger partial charge in [0.25, 0.3) is 0 Å². The fourth-order valence-electron chi connectivity index (χ4n) is 2.48. The van der Waals surface area contributed by atoms with E-state index in [0.717, 1.165) is 20.7 Å². The molecule has 2 aromatic heterocycles. The van der Waals surface area contributed by atoms with Crippen LogP contribution in [0.3, 0.4) is 0 Å². The Labute approximate surface area is 171 Å². The lowest BCUT2D eigenvalue weighted by Gasteiger charge is -2.19. The van der Waals surface area contributed by atoms with Crippen molar-refractivity contribution in [1.82, 2.24) is 19.7 Å². The molecule has 0 aliphatic carbocycles. The van der Waals surface area contributed by atoms with Crippen molar-refractivity contribution >= 4 is 40.6 Å². The van der Waals surface area contributed by atoms with Crippen LogP contribution in [0.2, 0.25) is 4.34 Å². The van der Waals surface area contributed by atoms with E-state index in [4.69, 9.17) is 16.3 Å². The van der Waals surface area contributed by atoms with Crippen molar-refractivity contribution in [2.45, 2.75) is 18.6 Å². The predicted molar refractivity (Wildman–Crippen MR) is 109 cm³/mol. The van der Waals surface area contributed by atoms with Crippen LogP contribution in [-0.2, 0) is 11.3 Å². The average Bonchev–Trinajstić information content (AvgIpc) is 3.32. The number of methoxy groups -OCH3 is 1. The van der Waals surface area contributed by atoms with Gasteiger partial charge in [-0.15, -0.1) is 21.5 Å². The molecule has 6 nitrogen and oxygen atoms in total. The number of rotatable bonds is 8. The van der Waals surface area contributed by atoms with E-state index in [9.17, 15) is 4.79 Å². The summed E-state index contributed by atoms with van der Waals surface area (Å²) in [4.78, 5) is 15.5. The SMILES string of the molecule is CCN(Cc1ccc(Cl)s1)C(=O)CSc1nncn1-c1cccc(OC)c1. The molecule has 3 rings (SSSR count). The zero-order chi connectivity index (χ0) is 19.2. The van der Waals surface area contributed by atoms with Gasteiger partial charge in [-0.25, -0.2) is 0 Å². The van der Waals surface area contributed by atoms with E-state index in [1.165, 1.54) is 23.1 Å². The van der Waals surface area contributed by atoms with Crippen molar-refractivity contribution < 1.29 is 9.53 Å². The molecular weight excluding hydrogens is 404 g/mol. The van der Waals surface area contributed by atoms with Crippen LogP contribution in [0.1, 0.15) is 11.8 Å². The zero-order valence-corrected chi connectivity index (χ0v) is 17.4. The number of aromatic nitrogens is 3. The highest BCUT2D eigenvalue weighted by Crippen LogP contribution is 2.25. The van der Waals surface area contributed by atoms with Gasteiger partial charge < -0.3 is 9.64 Å². The molecule has 0 fully saturated rings. The molecule has 0 unspecified atom stereocenters. The molecule has 142 valence electrons. The van der Waals surface area contributed by atoms with Gasteiger partial charge in [-0.3, -0.25) is 9.36 Å². The number of thiophene rings is 1. The number of benzene rings is 1. The third kappa shape index (κ3) is 5.03. The van der Waals surface area contributed by atoms with Gasteiger partial charge in [0.2, 0.25) is 5.91 Å². The highest BCUT2D eigenvalue weighted by Gasteiger charge is 2.16. The molecule has 1 amide bonds. The minimum Gasteiger partial charge on any atom is -0.497 e. The van der Waals surface area contributed by atoms with Crippen molar-refractivity contribution in [3.63, 3.8) is 0 Å². The lowest BCUT2D eigenvalue weighted by molar-refractivity contribution is -0.128. The zero-order valence-electron chi connectivity index (χ0n) is 15.0. The van der Waals surface area contributed by atoms with E-state index in [-0.39, 0.29) is 11.7 Å². The highest BCUT2D eigenvalue weighted by atomic mass is 35.5. The van der Waals surface area contributed by atoms with Crippen molar-refractivity contribution in [3.8, 4) is 11.4 Å². The number of carbonyl (C=O) groups is 1. The first-order chi connectivity index (χ1) is 13.1. The molecule has 0 aliphatic rings. The first-order valence-corrected chi connectivity index (χ1v) is 10.5. The van der Waals surface area contributed by atoms with Gasteiger partial charge in [0, 0.05) is 17.5 Å². The van der Waals surface area contributed by atoms with Gasteiger partial charge in [-0.05, 0) is 31.2 Å². The quantitative estimate of drug-likeness (QED) is 0.511. The van der Waals surface area contributed by atoms with Crippen LogP contribution >= 0.6 is 34.7 Å². The molecule has 0 bridgehead atoms. The Morgan fingerprint density at radius 1 is 1.37 bits per heavy atom. The molecule has 2 heterocycles. The molecule has 0 saturated heterocycles. The molecule has 9 heteroatoms. The molecule has 0 saturated carbocycles. The van der Waals surface area contributed by atoms with Crippen molar-refractivity contribution in [2.24, 2.45) is 0 Å². The third-order valence-electron chi connectivity index (χ3n) is 3.88. The summed E-state index contributed by atoms with van der Waals surface area (Å²) in [6, 6.07) is 11.4. The molecule has 1 aromatic carbocycles. The second-order valence-corrected chi connectivity index (χ2v) is 8.33. The molecule has 0 spiro atoms. The van der Waals surface area contributed by atoms with Crippen LogP contribution in [-0.4, -0.2) is 45.0 Å². The van der Waals surface area contributed by atoms with Gasteiger partial charge in [0.05, 0.1) is 29.4 Å². The Bertz CT molecular complexity index is 912. The maximum atomic E-state index is 12.6. The van der Waals surface area contributed by atoms with Crippen LogP contribution in [0.15, 0.2) is 47.9 Å². The summed E-state index contributed by atoms with van der Waals surface area (Å²) in [6.45, 7) is 3.17. The number of hydrogen-bond donors (Lipinski definition) is 0. The topological polar surface area (TPSA) is 60.2 Å². The number of thioether (sulfide) groups is 1. The molecule has 0 N–H and O–H groups in total.